The van der Waals surface area contributed by atoms with Gasteiger partial charge in [-0.3, -0.25) is 24.6 Å². The molecule has 2 aromatic carbocycles. The molecule has 2 heterocycles. The van der Waals surface area contributed by atoms with Crippen LogP contribution in [-0.2, 0) is 20.8 Å². The number of likely N-dealkylation sites (tertiary alicyclic amines) is 1. The van der Waals surface area contributed by atoms with Crippen LogP contribution in [0.1, 0.15) is 49.1 Å². The minimum atomic E-state index is -1.74. The first-order valence-corrected chi connectivity index (χ1v) is 11.2. The van der Waals surface area contributed by atoms with Crippen LogP contribution < -0.4 is 5.32 Å². The molecule has 0 radical (unpaired) electrons. The highest BCUT2D eigenvalue weighted by Gasteiger charge is 2.69. The minimum absolute atomic E-state index is 0.0457. The van der Waals surface area contributed by atoms with Gasteiger partial charge in [0.1, 0.15) is 17.0 Å². The van der Waals surface area contributed by atoms with Crippen molar-refractivity contribution in [3.8, 4) is 11.5 Å². The van der Waals surface area contributed by atoms with E-state index >= 15 is 0 Å². The summed E-state index contributed by atoms with van der Waals surface area (Å²) >= 11 is 0. The molecule has 0 bridgehead atoms. The number of nitrogens with one attached hydrogen (secondary N) is 1. The van der Waals surface area contributed by atoms with E-state index in [9.17, 15) is 29.7 Å². The van der Waals surface area contributed by atoms with Crippen LogP contribution in [-0.4, -0.2) is 49.1 Å². The average Bonchev–Trinajstić information content (AvgIpc) is 3.22. The zero-order valence-corrected chi connectivity index (χ0v) is 19.9. The smallest absolute Gasteiger partial charge is 0.325 e. The molecule has 34 heavy (non-hydrogen) atoms. The van der Waals surface area contributed by atoms with Crippen LogP contribution in [0.25, 0.3) is 0 Å². The van der Waals surface area contributed by atoms with Gasteiger partial charge in [-0.05, 0) is 69.0 Å². The van der Waals surface area contributed by atoms with E-state index in [2.05, 4.69) is 5.32 Å². The summed E-state index contributed by atoms with van der Waals surface area (Å²) in [5.74, 6) is -3.99. The number of benzene rings is 2. The first-order valence-electron chi connectivity index (χ1n) is 11.2. The van der Waals surface area contributed by atoms with E-state index in [1.807, 2.05) is 0 Å². The number of rotatable bonds is 4. The molecule has 8 heteroatoms. The molecule has 4 unspecified atom stereocenters. The SMILES string of the molecule is Cc1cc(C2NC(Cc3ccc(O)cc3)(C(=O)O)C3C(=O)N(C(C)(C)C)C(=O)C23)cc(C)c1O. The fraction of sp³-hybridized carbons (Fsp3) is 0.423. The molecule has 0 aliphatic carbocycles. The lowest BCUT2D eigenvalue weighted by Gasteiger charge is -2.35. The third kappa shape index (κ3) is 3.53. The predicted octanol–water partition coefficient (Wildman–Crippen LogP) is 2.82. The fourth-order valence-corrected chi connectivity index (χ4v) is 5.49. The summed E-state index contributed by atoms with van der Waals surface area (Å²) in [5, 5.41) is 33.6. The number of nitrogens with zero attached hydrogens (tertiary/aromatic N) is 1. The Bertz CT molecular complexity index is 1160. The Kier molecular flexibility index (Phi) is 5.48. The summed E-state index contributed by atoms with van der Waals surface area (Å²) in [6.45, 7) is 8.74. The van der Waals surface area contributed by atoms with Crippen molar-refractivity contribution in [2.24, 2.45) is 11.8 Å². The molecule has 2 aliphatic heterocycles. The zero-order chi connectivity index (χ0) is 25.2. The van der Waals surface area contributed by atoms with Gasteiger partial charge in [-0.2, -0.15) is 0 Å². The van der Waals surface area contributed by atoms with Crippen molar-refractivity contribution in [2.75, 3.05) is 0 Å². The Labute approximate surface area is 198 Å². The molecule has 2 fully saturated rings. The largest absolute Gasteiger partial charge is 0.508 e. The number of hydrogen-bond donors (Lipinski definition) is 4. The average molecular weight is 467 g/mol. The van der Waals surface area contributed by atoms with Crippen molar-refractivity contribution in [3.63, 3.8) is 0 Å². The molecule has 180 valence electrons. The number of carbonyl (C=O) groups is 3. The highest BCUT2D eigenvalue weighted by molar-refractivity contribution is 6.10. The summed E-state index contributed by atoms with van der Waals surface area (Å²) < 4.78 is 0. The van der Waals surface area contributed by atoms with Crippen molar-refractivity contribution in [2.45, 2.75) is 58.2 Å². The van der Waals surface area contributed by atoms with Crippen LogP contribution >= 0.6 is 0 Å². The van der Waals surface area contributed by atoms with E-state index in [-0.39, 0.29) is 17.9 Å². The Balaban J connectivity index is 1.90. The van der Waals surface area contributed by atoms with E-state index in [0.717, 1.165) is 0 Å². The second kappa shape index (κ2) is 7.84. The quantitative estimate of drug-likeness (QED) is 0.510. The topological polar surface area (TPSA) is 127 Å². The number of aryl methyl sites for hydroxylation is 2. The molecular weight excluding hydrogens is 436 g/mol. The zero-order valence-electron chi connectivity index (χ0n) is 19.9. The van der Waals surface area contributed by atoms with Crippen molar-refractivity contribution in [3.05, 3.63) is 58.7 Å². The van der Waals surface area contributed by atoms with Crippen molar-refractivity contribution in [1.82, 2.24) is 10.2 Å². The van der Waals surface area contributed by atoms with Crippen molar-refractivity contribution < 1.29 is 29.7 Å². The van der Waals surface area contributed by atoms with Gasteiger partial charge < -0.3 is 15.3 Å². The summed E-state index contributed by atoms with van der Waals surface area (Å²) in [4.78, 5) is 41.4. The van der Waals surface area contributed by atoms with Gasteiger partial charge in [0.15, 0.2) is 0 Å². The van der Waals surface area contributed by atoms with E-state index < -0.39 is 46.7 Å². The summed E-state index contributed by atoms with van der Waals surface area (Å²) in [5.41, 5.74) is -0.0905. The van der Waals surface area contributed by atoms with E-state index in [1.54, 1.807) is 58.9 Å². The van der Waals surface area contributed by atoms with E-state index in [1.165, 1.54) is 17.0 Å². The number of carbonyl (C=O) groups excluding carboxylic acids is 2. The Morgan fingerprint density at radius 2 is 1.59 bits per heavy atom. The number of phenols is 2. The molecule has 0 aromatic heterocycles. The number of aromatic hydroxyl groups is 2. The molecule has 8 nitrogen and oxygen atoms in total. The van der Waals surface area contributed by atoms with Gasteiger partial charge in [0, 0.05) is 18.0 Å². The van der Waals surface area contributed by atoms with Crippen LogP contribution in [0, 0.1) is 25.7 Å². The third-order valence-corrected chi connectivity index (χ3v) is 7.00. The molecule has 4 rings (SSSR count). The second-order valence-electron chi connectivity index (χ2n) is 10.4. The van der Waals surface area contributed by atoms with Gasteiger partial charge in [0.25, 0.3) is 0 Å². The number of hydrogen-bond acceptors (Lipinski definition) is 6. The summed E-state index contributed by atoms with van der Waals surface area (Å²) in [7, 11) is 0. The highest BCUT2D eigenvalue weighted by Crippen LogP contribution is 2.51. The summed E-state index contributed by atoms with van der Waals surface area (Å²) in [6, 6.07) is 8.87. The van der Waals surface area contributed by atoms with Crippen LogP contribution in [0.5, 0.6) is 11.5 Å². The number of fused-ring (bicyclic) bond motifs is 1. The number of carboxylic acid groups (broad SMARTS) is 1. The van der Waals surface area contributed by atoms with Gasteiger partial charge in [-0.1, -0.05) is 24.3 Å². The molecule has 4 atom stereocenters. The van der Waals surface area contributed by atoms with Gasteiger partial charge in [-0.25, -0.2) is 0 Å². The maximum atomic E-state index is 13.7. The lowest BCUT2D eigenvalue weighted by Crippen LogP contribution is -2.58. The molecule has 0 spiro atoms. The van der Waals surface area contributed by atoms with Crippen molar-refractivity contribution in [1.29, 1.82) is 0 Å². The van der Waals surface area contributed by atoms with Gasteiger partial charge in [-0.15, -0.1) is 0 Å². The third-order valence-electron chi connectivity index (χ3n) is 7.00. The fourth-order valence-electron chi connectivity index (χ4n) is 5.49. The number of carboxylic acids is 1. The first-order chi connectivity index (χ1) is 15.8. The maximum Gasteiger partial charge on any atom is 0.325 e. The molecule has 2 amide bonds. The lowest BCUT2D eigenvalue weighted by atomic mass is 9.76. The number of phenolic OH excluding ortho intramolecular Hbond substituents is 2. The van der Waals surface area contributed by atoms with Crippen LogP contribution in [0.2, 0.25) is 0 Å². The highest BCUT2D eigenvalue weighted by atomic mass is 16.4. The normalized spacial score (nSPS) is 26.7. The molecule has 2 aliphatic rings. The maximum absolute atomic E-state index is 13.7. The Morgan fingerprint density at radius 3 is 2.09 bits per heavy atom. The standard InChI is InChI=1S/C26H30N2O6/c1-13-10-16(11-14(2)21(13)30)20-18-19(23(32)28(22(18)31)25(3,4)5)26(27-20,24(33)34)12-15-6-8-17(29)9-7-15/h6-11,18-20,27,29-30H,12H2,1-5H3,(H,33,34). The van der Waals surface area contributed by atoms with Crippen LogP contribution in [0.15, 0.2) is 36.4 Å². The summed E-state index contributed by atoms with van der Waals surface area (Å²) in [6.07, 6.45) is -0.0483. The van der Waals surface area contributed by atoms with Crippen LogP contribution in [0.3, 0.4) is 0 Å². The Hall–Kier alpha value is -3.39. The van der Waals surface area contributed by atoms with Gasteiger partial charge in [0.05, 0.1) is 11.8 Å². The molecule has 2 saturated heterocycles. The van der Waals surface area contributed by atoms with Gasteiger partial charge >= 0.3 is 5.97 Å². The Morgan fingerprint density at radius 1 is 1.03 bits per heavy atom. The number of aliphatic carboxylic acids is 1. The molecule has 4 N–H and O–H groups in total. The number of amides is 2. The lowest BCUT2D eigenvalue weighted by molar-refractivity contribution is -0.153. The number of imide groups is 1. The van der Waals surface area contributed by atoms with E-state index in [0.29, 0.717) is 22.3 Å². The predicted molar refractivity (Wildman–Crippen MR) is 124 cm³/mol. The minimum Gasteiger partial charge on any atom is -0.508 e. The van der Waals surface area contributed by atoms with Gasteiger partial charge in [0.2, 0.25) is 11.8 Å². The second-order valence-corrected chi connectivity index (χ2v) is 10.4. The molecular formula is C26H30N2O6. The monoisotopic (exact) mass is 466 g/mol. The molecule has 2 aromatic rings. The molecule has 0 saturated carbocycles. The first kappa shape index (κ1) is 23.8. The van der Waals surface area contributed by atoms with Crippen LogP contribution in [0.4, 0.5) is 0 Å². The van der Waals surface area contributed by atoms with E-state index in [4.69, 9.17) is 0 Å². The van der Waals surface area contributed by atoms with Crippen molar-refractivity contribution >= 4 is 17.8 Å².